The zero-order chi connectivity index (χ0) is 20.5. The molecule has 156 valence electrons. The van der Waals surface area contributed by atoms with Gasteiger partial charge in [0, 0.05) is 12.1 Å². The van der Waals surface area contributed by atoms with E-state index in [4.69, 9.17) is 0 Å². The largest absolute Gasteiger partial charge is 0.338 e. The first kappa shape index (κ1) is 19.2. The maximum absolute atomic E-state index is 13.4. The molecule has 30 heavy (non-hydrogen) atoms. The zero-order valence-corrected chi connectivity index (χ0v) is 17.4. The Labute approximate surface area is 175 Å². The monoisotopic (exact) mass is 405 g/mol. The summed E-state index contributed by atoms with van der Waals surface area (Å²) in [5.41, 5.74) is 4.56. The van der Waals surface area contributed by atoms with Gasteiger partial charge in [0.25, 0.3) is 0 Å². The molecule has 5 rings (SSSR count). The Morgan fingerprint density at radius 3 is 2.80 bits per heavy atom. The minimum atomic E-state index is -0.261. The summed E-state index contributed by atoms with van der Waals surface area (Å²) in [6.45, 7) is 3.51. The quantitative estimate of drug-likeness (QED) is 0.447. The van der Waals surface area contributed by atoms with Crippen molar-refractivity contribution in [3.05, 3.63) is 48.5 Å². The fourth-order valence-corrected chi connectivity index (χ4v) is 4.57. The van der Waals surface area contributed by atoms with E-state index >= 15 is 0 Å². The molecule has 3 heterocycles. The molecule has 1 fully saturated rings. The van der Waals surface area contributed by atoms with Crippen LogP contribution in [0.25, 0.3) is 33.5 Å². The molecule has 0 unspecified atom stereocenters. The van der Waals surface area contributed by atoms with Gasteiger partial charge in [-0.05, 0) is 81.7 Å². The van der Waals surface area contributed by atoms with Gasteiger partial charge in [-0.2, -0.15) is 0 Å². The first-order valence-electron chi connectivity index (χ1n) is 10.9. The van der Waals surface area contributed by atoms with E-state index in [1.165, 1.54) is 57.3 Å². The molecule has 0 atom stereocenters. The molecular formula is C24H28FN5. The number of halogens is 1. The van der Waals surface area contributed by atoms with Crippen molar-refractivity contribution in [3.63, 3.8) is 0 Å². The Morgan fingerprint density at radius 2 is 1.93 bits per heavy atom. The summed E-state index contributed by atoms with van der Waals surface area (Å²) < 4.78 is 15.7. The third-order valence-corrected chi connectivity index (χ3v) is 6.44. The highest BCUT2D eigenvalue weighted by molar-refractivity contribution is 5.84. The first-order valence-corrected chi connectivity index (χ1v) is 10.9. The number of aromatic amines is 1. The average molecular weight is 406 g/mol. The van der Waals surface area contributed by atoms with Gasteiger partial charge >= 0.3 is 0 Å². The number of unbranched alkanes of at least 4 members (excludes halogenated alkanes) is 1. The number of hydrogen-bond acceptors (Lipinski definition) is 3. The molecule has 0 bridgehead atoms. The molecule has 1 aliphatic rings. The SMILES string of the molecule is CN1CCC(CCCCn2cnc3cc(-c4nc5ccc(F)cc5[nH]4)ccc32)CC1. The number of rotatable bonds is 6. The number of nitrogens with one attached hydrogen (secondary N) is 1. The predicted molar refractivity (Wildman–Crippen MR) is 119 cm³/mol. The van der Waals surface area contributed by atoms with Crippen molar-refractivity contribution >= 4 is 22.1 Å². The summed E-state index contributed by atoms with van der Waals surface area (Å²) in [5.74, 6) is 1.38. The van der Waals surface area contributed by atoms with Crippen molar-refractivity contribution in [2.24, 2.45) is 5.92 Å². The molecule has 5 nitrogen and oxygen atoms in total. The summed E-state index contributed by atoms with van der Waals surface area (Å²) in [6, 6.07) is 10.8. The Morgan fingerprint density at radius 1 is 1.07 bits per heavy atom. The highest BCUT2D eigenvalue weighted by Crippen LogP contribution is 2.25. The van der Waals surface area contributed by atoms with Crippen LogP contribution in [0.4, 0.5) is 4.39 Å². The van der Waals surface area contributed by atoms with Crippen molar-refractivity contribution in [2.75, 3.05) is 20.1 Å². The number of benzene rings is 2. The third kappa shape index (κ3) is 3.97. The van der Waals surface area contributed by atoms with E-state index < -0.39 is 0 Å². The molecule has 0 radical (unpaired) electrons. The molecule has 1 N–H and O–H groups in total. The van der Waals surface area contributed by atoms with Crippen LogP contribution in [0, 0.1) is 11.7 Å². The van der Waals surface area contributed by atoms with E-state index in [0.717, 1.165) is 40.4 Å². The molecular weight excluding hydrogens is 377 g/mol. The van der Waals surface area contributed by atoms with Crippen LogP contribution in [0.3, 0.4) is 0 Å². The van der Waals surface area contributed by atoms with E-state index in [2.05, 4.69) is 49.7 Å². The van der Waals surface area contributed by atoms with Gasteiger partial charge in [0.2, 0.25) is 0 Å². The van der Waals surface area contributed by atoms with Crippen molar-refractivity contribution in [1.29, 1.82) is 0 Å². The van der Waals surface area contributed by atoms with Crippen molar-refractivity contribution < 1.29 is 4.39 Å². The highest BCUT2D eigenvalue weighted by Gasteiger charge is 2.16. The van der Waals surface area contributed by atoms with E-state index in [9.17, 15) is 4.39 Å². The number of nitrogens with zero attached hydrogens (tertiary/aromatic N) is 4. The normalized spacial score (nSPS) is 16.1. The number of aryl methyl sites for hydroxylation is 1. The molecule has 0 saturated carbocycles. The van der Waals surface area contributed by atoms with Gasteiger partial charge in [-0.1, -0.05) is 12.8 Å². The van der Waals surface area contributed by atoms with Gasteiger partial charge in [0.15, 0.2) is 0 Å². The lowest BCUT2D eigenvalue weighted by atomic mass is 9.92. The minimum Gasteiger partial charge on any atom is -0.338 e. The number of hydrogen-bond donors (Lipinski definition) is 1. The maximum Gasteiger partial charge on any atom is 0.138 e. The Hall–Kier alpha value is -2.73. The van der Waals surface area contributed by atoms with E-state index in [-0.39, 0.29) is 5.82 Å². The van der Waals surface area contributed by atoms with E-state index in [1.54, 1.807) is 6.07 Å². The lowest BCUT2D eigenvalue weighted by Crippen LogP contribution is -2.30. The summed E-state index contributed by atoms with van der Waals surface area (Å²) in [7, 11) is 2.22. The second-order valence-corrected chi connectivity index (χ2v) is 8.63. The second-order valence-electron chi connectivity index (χ2n) is 8.63. The number of likely N-dealkylation sites (tertiary alicyclic amines) is 1. The van der Waals surface area contributed by atoms with Crippen LogP contribution in [0.5, 0.6) is 0 Å². The minimum absolute atomic E-state index is 0.261. The van der Waals surface area contributed by atoms with Crippen molar-refractivity contribution in [3.8, 4) is 11.4 Å². The molecule has 2 aromatic heterocycles. The predicted octanol–water partition coefficient (Wildman–Crippen LogP) is 5.23. The van der Waals surface area contributed by atoms with Crippen LogP contribution in [0.15, 0.2) is 42.7 Å². The zero-order valence-electron chi connectivity index (χ0n) is 17.4. The summed E-state index contributed by atoms with van der Waals surface area (Å²) in [6.07, 6.45) is 8.45. The molecule has 1 aliphatic heterocycles. The average Bonchev–Trinajstić information content (AvgIpc) is 3.35. The molecule has 0 amide bonds. The lowest BCUT2D eigenvalue weighted by molar-refractivity contribution is 0.209. The fourth-order valence-electron chi connectivity index (χ4n) is 4.57. The number of imidazole rings is 2. The van der Waals surface area contributed by atoms with Gasteiger partial charge in [-0.25, -0.2) is 14.4 Å². The molecule has 0 spiro atoms. The molecule has 0 aliphatic carbocycles. The maximum atomic E-state index is 13.4. The standard InChI is InChI=1S/C24H28FN5/c1-29-12-9-17(10-13-29)4-2-3-11-30-16-26-22-14-18(5-8-23(22)30)24-27-20-7-6-19(25)15-21(20)28-24/h5-8,14-17H,2-4,9-13H2,1H3,(H,27,28). The Balaban J connectivity index is 1.24. The number of fused-ring (bicyclic) bond motifs is 2. The van der Waals surface area contributed by atoms with Gasteiger partial charge in [0.1, 0.15) is 11.6 Å². The molecule has 4 aromatic rings. The van der Waals surface area contributed by atoms with Crippen LogP contribution < -0.4 is 0 Å². The summed E-state index contributed by atoms with van der Waals surface area (Å²) in [4.78, 5) is 14.8. The van der Waals surface area contributed by atoms with Gasteiger partial charge in [-0.15, -0.1) is 0 Å². The number of aromatic nitrogens is 4. The summed E-state index contributed by atoms with van der Waals surface area (Å²) in [5, 5.41) is 0. The van der Waals surface area contributed by atoms with Gasteiger partial charge in [-0.3, -0.25) is 0 Å². The number of H-pyrrole nitrogens is 1. The van der Waals surface area contributed by atoms with Crippen LogP contribution >= 0.6 is 0 Å². The third-order valence-electron chi connectivity index (χ3n) is 6.44. The van der Waals surface area contributed by atoms with Gasteiger partial charge < -0.3 is 14.5 Å². The Bertz CT molecular complexity index is 1150. The smallest absolute Gasteiger partial charge is 0.138 e. The van der Waals surface area contributed by atoms with Crippen LogP contribution in [-0.4, -0.2) is 44.6 Å². The van der Waals surface area contributed by atoms with E-state index in [1.807, 2.05) is 6.33 Å². The fraction of sp³-hybridized carbons (Fsp3) is 0.417. The van der Waals surface area contributed by atoms with Crippen LogP contribution in [-0.2, 0) is 6.54 Å². The van der Waals surface area contributed by atoms with Crippen LogP contribution in [0.1, 0.15) is 32.1 Å². The second kappa shape index (κ2) is 8.19. The van der Waals surface area contributed by atoms with E-state index in [0.29, 0.717) is 5.52 Å². The lowest BCUT2D eigenvalue weighted by Gasteiger charge is -2.28. The van der Waals surface area contributed by atoms with Crippen molar-refractivity contribution in [1.82, 2.24) is 24.4 Å². The van der Waals surface area contributed by atoms with Crippen LogP contribution in [0.2, 0.25) is 0 Å². The molecule has 1 saturated heterocycles. The highest BCUT2D eigenvalue weighted by atomic mass is 19.1. The van der Waals surface area contributed by atoms with Crippen molar-refractivity contribution in [2.45, 2.75) is 38.6 Å². The first-order chi connectivity index (χ1) is 14.7. The molecule has 2 aromatic carbocycles. The molecule has 6 heteroatoms. The Kier molecular flexibility index (Phi) is 5.25. The summed E-state index contributed by atoms with van der Waals surface area (Å²) >= 11 is 0. The van der Waals surface area contributed by atoms with Gasteiger partial charge in [0.05, 0.1) is 28.4 Å². The topological polar surface area (TPSA) is 49.7 Å². The number of piperidine rings is 1.